The summed E-state index contributed by atoms with van der Waals surface area (Å²) in [5, 5.41) is 0. The van der Waals surface area contributed by atoms with E-state index in [0.717, 1.165) is 6.42 Å². The topological polar surface area (TPSA) is 35.2 Å². The average Bonchev–Trinajstić information content (AvgIpc) is 2.21. The molecule has 1 unspecified atom stereocenters. The van der Waals surface area contributed by atoms with Gasteiger partial charge in [0.1, 0.15) is 0 Å². The lowest BCUT2D eigenvalue weighted by Crippen LogP contribution is -2.46. The highest BCUT2D eigenvalue weighted by atomic mass is 127. The minimum absolute atomic E-state index is 0.0208. The normalized spacial score (nSPS) is 13.8. The Labute approximate surface area is 112 Å². The minimum atomic E-state index is -0.266. The van der Waals surface area contributed by atoms with Crippen LogP contribution in [0.25, 0.3) is 0 Å². The lowest BCUT2D eigenvalue weighted by atomic mass is 9.93. The zero-order chi connectivity index (χ0) is 12.2. The van der Waals surface area contributed by atoms with Gasteiger partial charge in [0.25, 0.3) is 0 Å². The molecule has 0 spiro atoms. The molecule has 1 rings (SSSR count). The van der Waals surface area contributed by atoms with Crippen LogP contribution in [0.4, 0.5) is 0 Å². The maximum Gasteiger partial charge on any atom is 0.0779 e. The van der Waals surface area contributed by atoms with E-state index in [1.165, 1.54) is 9.13 Å². The number of hydrogen-bond donors (Lipinski definition) is 1. The largest absolute Gasteiger partial charge is 0.374 e. The predicted octanol–water partition coefficient (Wildman–Crippen LogP) is 2.98. The lowest BCUT2D eigenvalue weighted by Gasteiger charge is -2.31. The summed E-state index contributed by atoms with van der Waals surface area (Å²) >= 11 is 2.30. The van der Waals surface area contributed by atoms with Crippen LogP contribution >= 0.6 is 22.6 Å². The first kappa shape index (κ1) is 13.9. The fourth-order valence-corrected chi connectivity index (χ4v) is 1.96. The Kier molecular flexibility index (Phi) is 5.21. The van der Waals surface area contributed by atoms with Crippen LogP contribution in [0, 0.1) is 3.57 Å². The van der Waals surface area contributed by atoms with Crippen molar-refractivity contribution in [1.29, 1.82) is 0 Å². The van der Waals surface area contributed by atoms with Crippen molar-refractivity contribution >= 4 is 22.6 Å². The van der Waals surface area contributed by atoms with Crippen molar-refractivity contribution in [2.75, 3.05) is 6.61 Å². The van der Waals surface area contributed by atoms with Crippen molar-refractivity contribution < 1.29 is 4.74 Å². The van der Waals surface area contributed by atoms with Crippen LogP contribution in [0.2, 0.25) is 0 Å². The van der Waals surface area contributed by atoms with Gasteiger partial charge in [-0.05, 0) is 67.5 Å². The Hall–Kier alpha value is -0.130. The summed E-state index contributed by atoms with van der Waals surface area (Å²) in [7, 11) is 0. The van der Waals surface area contributed by atoms with Crippen LogP contribution in [-0.2, 0) is 11.2 Å². The van der Waals surface area contributed by atoms with Crippen LogP contribution in [0.5, 0.6) is 0 Å². The number of benzene rings is 1. The molecule has 0 aromatic heterocycles. The summed E-state index contributed by atoms with van der Waals surface area (Å²) < 4.78 is 6.91. The standard InChI is InChI=1S/C13H20INO/c1-4-16-13(2,3)12(15)9-10-5-7-11(14)8-6-10/h5-8,12H,4,9,15H2,1-3H3. The van der Waals surface area contributed by atoms with E-state index in [-0.39, 0.29) is 11.6 Å². The second-order valence-corrected chi connectivity index (χ2v) is 5.72. The van der Waals surface area contributed by atoms with Gasteiger partial charge < -0.3 is 10.5 Å². The first-order chi connectivity index (χ1) is 7.45. The third-order valence-electron chi connectivity index (χ3n) is 2.78. The Morgan fingerprint density at radius 1 is 1.31 bits per heavy atom. The molecule has 0 saturated carbocycles. The summed E-state index contributed by atoms with van der Waals surface area (Å²) in [5.41, 5.74) is 7.18. The Morgan fingerprint density at radius 2 is 1.88 bits per heavy atom. The summed E-state index contributed by atoms with van der Waals surface area (Å²) in [5.74, 6) is 0. The molecule has 90 valence electrons. The lowest BCUT2D eigenvalue weighted by molar-refractivity contribution is -0.0288. The number of rotatable bonds is 5. The first-order valence-electron chi connectivity index (χ1n) is 5.59. The molecule has 0 radical (unpaired) electrons. The van der Waals surface area contributed by atoms with E-state index in [1.807, 2.05) is 20.8 Å². The maximum absolute atomic E-state index is 6.18. The third kappa shape index (κ3) is 4.03. The van der Waals surface area contributed by atoms with Gasteiger partial charge in [-0.1, -0.05) is 12.1 Å². The summed E-state index contributed by atoms with van der Waals surface area (Å²) in [6.07, 6.45) is 0.851. The molecule has 0 aliphatic carbocycles. The van der Waals surface area contributed by atoms with Gasteiger partial charge in [-0.2, -0.15) is 0 Å². The van der Waals surface area contributed by atoms with E-state index in [1.54, 1.807) is 0 Å². The van der Waals surface area contributed by atoms with Crippen molar-refractivity contribution in [3.63, 3.8) is 0 Å². The van der Waals surface area contributed by atoms with Crippen LogP contribution < -0.4 is 5.73 Å². The van der Waals surface area contributed by atoms with Gasteiger partial charge in [0.2, 0.25) is 0 Å². The number of halogens is 1. The van der Waals surface area contributed by atoms with Crippen molar-refractivity contribution in [2.24, 2.45) is 5.73 Å². The smallest absolute Gasteiger partial charge is 0.0779 e. The molecule has 1 atom stereocenters. The van der Waals surface area contributed by atoms with Crippen molar-refractivity contribution in [1.82, 2.24) is 0 Å². The van der Waals surface area contributed by atoms with Crippen molar-refractivity contribution in [3.8, 4) is 0 Å². The van der Waals surface area contributed by atoms with Gasteiger partial charge in [-0.3, -0.25) is 0 Å². The molecule has 3 heteroatoms. The molecule has 0 aliphatic rings. The number of ether oxygens (including phenoxy) is 1. The molecule has 0 heterocycles. The minimum Gasteiger partial charge on any atom is -0.374 e. The van der Waals surface area contributed by atoms with Gasteiger partial charge in [0.15, 0.2) is 0 Å². The Balaban J connectivity index is 2.63. The van der Waals surface area contributed by atoms with E-state index in [9.17, 15) is 0 Å². The van der Waals surface area contributed by atoms with Crippen molar-refractivity contribution in [2.45, 2.75) is 38.8 Å². The predicted molar refractivity (Wildman–Crippen MR) is 76.5 cm³/mol. The molecular formula is C13H20INO. The third-order valence-corrected chi connectivity index (χ3v) is 3.50. The molecule has 0 aliphatic heterocycles. The number of nitrogens with two attached hydrogens (primary N) is 1. The highest BCUT2D eigenvalue weighted by molar-refractivity contribution is 14.1. The maximum atomic E-state index is 6.18. The summed E-state index contributed by atoms with van der Waals surface area (Å²) in [6, 6.07) is 8.49. The van der Waals surface area contributed by atoms with Crippen LogP contribution in [0.1, 0.15) is 26.3 Å². The molecule has 0 amide bonds. The van der Waals surface area contributed by atoms with Gasteiger partial charge in [-0.25, -0.2) is 0 Å². The average molecular weight is 333 g/mol. The van der Waals surface area contributed by atoms with Crippen LogP contribution in [-0.4, -0.2) is 18.2 Å². The van der Waals surface area contributed by atoms with Crippen LogP contribution in [0.3, 0.4) is 0 Å². The zero-order valence-corrected chi connectivity index (χ0v) is 12.3. The zero-order valence-electron chi connectivity index (χ0n) is 10.2. The molecule has 1 aromatic carbocycles. The molecule has 2 nitrogen and oxygen atoms in total. The number of hydrogen-bond acceptors (Lipinski definition) is 2. The monoisotopic (exact) mass is 333 g/mol. The first-order valence-corrected chi connectivity index (χ1v) is 6.67. The molecule has 0 saturated heterocycles. The van der Waals surface area contributed by atoms with Gasteiger partial charge in [0, 0.05) is 16.2 Å². The second kappa shape index (κ2) is 5.98. The van der Waals surface area contributed by atoms with Gasteiger partial charge in [0.05, 0.1) is 5.60 Å². The van der Waals surface area contributed by atoms with Gasteiger partial charge >= 0.3 is 0 Å². The quantitative estimate of drug-likeness (QED) is 0.841. The van der Waals surface area contributed by atoms with E-state index in [4.69, 9.17) is 10.5 Å². The van der Waals surface area contributed by atoms with Gasteiger partial charge in [-0.15, -0.1) is 0 Å². The molecule has 2 N–H and O–H groups in total. The fraction of sp³-hybridized carbons (Fsp3) is 0.538. The molecule has 1 aromatic rings. The van der Waals surface area contributed by atoms with E-state index in [0.29, 0.717) is 6.61 Å². The Morgan fingerprint density at radius 3 is 2.38 bits per heavy atom. The Bertz CT molecular complexity index is 321. The molecule has 16 heavy (non-hydrogen) atoms. The van der Waals surface area contributed by atoms with Crippen molar-refractivity contribution in [3.05, 3.63) is 33.4 Å². The van der Waals surface area contributed by atoms with Crippen LogP contribution in [0.15, 0.2) is 24.3 Å². The second-order valence-electron chi connectivity index (χ2n) is 4.47. The highest BCUT2D eigenvalue weighted by Gasteiger charge is 2.26. The fourth-order valence-electron chi connectivity index (χ4n) is 1.60. The molecule has 0 bridgehead atoms. The highest BCUT2D eigenvalue weighted by Crippen LogP contribution is 2.17. The van der Waals surface area contributed by atoms with E-state index in [2.05, 4.69) is 46.9 Å². The SMILES string of the molecule is CCOC(C)(C)C(N)Cc1ccc(I)cc1. The van der Waals surface area contributed by atoms with E-state index >= 15 is 0 Å². The molecular weight excluding hydrogens is 313 g/mol. The van der Waals surface area contributed by atoms with E-state index < -0.39 is 0 Å². The summed E-state index contributed by atoms with van der Waals surface area (Å²) in [4.78, 5) is 0. The molecule has 0 fully saturated rings. The summed E-state index contributed by atoms with van der Waals surface area (Å²) in [6.45, 7) is 6.80.